The first-order chi connectivity index (χ1) is 9.94. The summed E-state index contributed by atoms with van der Waals surface area (Å²) in [6.07, 6.45) is 5.15. The van der Waals surface area contributed by atoms with E-state index in [9.17, 15) is 18.4 Å². The summed E-state index contributed by atoms with van der Waals surface area (Å²) >= 11 is 0. The van der Waals surface area contributed by atoms with Gasteiger partial charge in [-0.25, -0.2) is 4.79 Å². The summed E-state index contributed by atoms with van der Waals surface area (Å²) in [5, 5.41) is 2.59. The number of halogens is 2. The molecule has 0 fully saturated rings. The van der Waals surface area contributed by atoms with Gasteiger partial charge in [-0.05, 0) is 19.8 Å². The summed E-state index contributed by atoms with van der Waals surface area (Å²) in [6.45, 7) is 3.69. The second-order valence-corrected chi connectivity index (χ2v) is 5.04. The summed E-state index contributed by atoms with van der Waals surface area (Å²) < 4.78 is 30.8. The van der Waals surface area contributed by atoms with Crippen molar-refractivity contribution >= 4 is 11.9 Å². The summed E-state index contributed by atoms with van der Waals surface area (Å²) in [5.41, 5.74) is 0. The van der Waals surface area contributed by atoms with E-state index in [1.165, 1.54) is 13.3 Å². The number of esters is 1. The van der Waals surface area contributed by atoms with Gasteiger partial charge in [-0.1, -0.05) is 32.6 Å². The van der Waals surface area contributed by atoms with E-state index in [0.29, 0.717) is 6.42 Å². The Hall–Kier alpha value is -1.20. The van der Waals surface area contributed by atoms with Gasteiger partial charge in [0.25, 0.3) is 0 Å². The Balaban J connectivity index is 3.65. The molecule has 0 aliphatic carbocycles. The van der Waals surface area contributed by atoms with Crippen molar-refractivity contribution in [2.45, 2.75) is 71.1 Å². The molecule has 4 nitrogen and oxygen atoms in total. The quantitative estimate of drug-likeness (QED) is 0.444. The van der Waals surface area contributed by atoms with Crippen LogP contribution >= 0.6 is 0 Å². The van der Waals surface area contributed by atoms with Gasteiger partial charge in [-0.15, -0.1) is 0 Å². The molecule has 0 saturated heterocycles. The molecule has 0 saturated carbocycles. The van der Waals surface area contributed by atoms with E-state index >= 15 is 0 Å². The zero-order valence-electron chi connectivity index (χ0n) is 13.1. The molecule has 0 bridgehead atoms. The third-order valence-electron chi connectivity index (χ3n) is 3.07. The highest BCUT2D eigenvalue weighted by Gasteiger charge is 2.39. The second-order valence-electron chi connectivity index (χ2n) is 5.04. The maximum absolute atomic E-state index is 13.3. The minimum absolute atomic E-state index is 0.0490. The van der Waals surface area contributed by atoms with Crippen LogP contribution in [0, 0.1) is 0 Å². The van der Waals surface area contributed by atoms with Crippen LogP contribution in [0.25, 0.3) is 0 Å². The van der Waals surface area contributed by atoms with Gasteiger partial charge in [0.2, 0.25) is 5.91 Å². The van der Waals surface area contributed by atoms with Gasteiger partial charge in [0.05, 0.1) is 6.61 Å². The summed E-state index contributed by atoms with van der Waals surface area (Å²) in [4.78, 5) is 22.4. The maximum Gasteiger partial charge on any atom is 0.376 e. The van der Waals surface area contributed by atoms with Crippen molar-refractivity contribution in [1.29, 1.82) is 0 Å². The number of alkyl halides is 2. The summed E-state index contributed by atoms with van der Waals surface area (Å²) in [6, 6.07) is 0. The minimum atomic E-state index is -3.47. The molecule has 0 spiro atoms. The van der Waals surface area contributed by atoms with Crippen molar-refractivity contribution in [1.82, 2.24) is 5.32 Å². The molecule has 0 unspecified atom stereocenters. The lowest BCUT2D eigenvalue weighted by Crippen LogP contribution is -2.32. The first kappa shape index (κ1) is 19.8. The lowest BCUT2D eigenvalue weighted by molar-refractivity contribution is -0.172. The highest BCUT2D eigenvalue weighted by Crippen LogP contribution is 2.21. The van der Waals surface area contributed by atoms with E-state index in [2.05, 4.69) is 17.0 Å². The van der Waals surface area contributed by atoms with Gasteiger partial charge in [-0.2, -0.15) is 8.78 Å². The molecule has 0 aliphatic heterocycles. The molecule has 0 rings (SSSR count). The van der Waals surface area contributed by atoms with E-state index in [-0.39, 0.29) is 25.5 Å². The largest absolute Gasteiger partial charge is 0.462 e. The minimum Gasteiger partial charge on any atom is -0.462 e. The first-order valence-corrected chi connectivity index (χ1v) is 7.75. The smallest absolute Gasteiger partial charge is 0.376 e. The Morgan fingerprint density at radius 1 is 1.05 bits per heavy atom. The molecule has 1 N–H and O–H groups in total. The normalized spacial score (nSPS) is 11.2. The van der Waals surface area contributed by atoms with Crippen molar-refractivity contribution in [3.8, 4) is 0 Å². The third-order valence-corrected chi connectivity index (χ3v) is 3.07. The molecule has 0 aromatic heterocycles. The molecule has 0 aromatic rings. The Labute approximate surface area is 125 Å². The fraction of sp³-hybridized carbons (Fsp3) is 0.867. The summed E-state index contributed by atoms with van der Waals surface area (Å²) in [7, 11) is 0. The van der Waals surface area contributed by atoms with Crippen molar-refractivity contribution < 1.29 is 23.1 Å². The van der Waals surface area contributed by atoms with Crippen molar-refractivity contribution in [2.75, 3.05) is 13.2 Å². The Kier molecular flexibility index (Phi) is 10.8. The lowest BCUT2D eigenvalue weighted by atomic mass is 10.1. The average Bonchev–Trinajstić information content (AvgIpc) is 2.43. The van der Waals surface area contributed by atoms with Crippen LogP contribution in [0.3, 0.4) is 0 Å². The number of ether oxygens (including phenoxy) is 1. The Morgan fingerprint density at radius 2 is 1.71 bits per heavy atom. The van der Waals surface area contributed by atoms with Crippen LogP contribution in [0.1, 0.15) is 65.2 Å². The molecule has 6 heteroatoms. The second kappa shape index (κ2) is 11.5. The van der Waals surface area contributed by atoms with E-state index in [1.54, 1.807) is 0 Å². The first-order valence-electron chi connectivity index (χ1n) is 7.75. The van der Waals surface area contributed by atoms with Crippen LogP contribution in [-0.4, -0.2) is 31.0 Å². The van der Waals surface area contributed by atoms with Gasteiger partial charge in [-0.3, -0.25) is 4.79 Å². The van der Waals surface area contributed by atoms with Crippen LogP contribution in [0.2, 0.25) is 0 Å². The molecule has 0 aromatic carbocycles. The molecule has 0 aliphatic rings. The number of amides is 1. The fourth-order valence-electron chi connectivity index (χ4n) is 1.85. The number of nitrogens with one attached hydrogen (secondary N) is 1. The lowest BCUT2D eigenvalue weighted by Gasteiger charge is -2.14. The zero-order valence-corrected chi connectivity index (χ0v) is 13.1. The molecular formula is C15H27F2NO3. The van der Waals surface area contributed by atoms with Crippen LogP contribution in [0.5, 0.6) is 0 Å². The molecule has 1 amide bonds. The van der Waals surface area contributed by atoms with Crippen LogP contribution < -0.4 is 5.32 Å². The van der Waals surface area contributed by atoms with E-state index in [4.69, 9.17) is 0 Å². The number of rotatable bonds is 12. The topological polar surface area (TPSA) is 55.4 Å². The predicted molar refractivity (Wildman–Crippen MR) is 77.2 cm³/mol. The number of carbonyl (C=O) groups excluding carboxylic acids is 2. The maximum atomic E-state index is 13.3. The SMILES string of the molecule is CCCCCCCC(=O)NCCCC(F)(F)C(=O)OCC. The Bertz CT molecular complexity index is 309. The fourth-order valence-corrected chi connectivity index (χ4v) is 1.85. The molecule has 0 heterocycles. The van der Waals surface area contributed by atoms with Gasteiger partial charge >= 0.3 is 11.9 Å². The van der Waals surface area contributed by atoms with Gasteiger partial charge in [0.1, 0.15) is 0 Å². The summed E-state index contributed by atoms with van der Waals surface area (Å²) in [5.74, 6) is -5.08. The Morgan fingerprint density at radius 3 is 2.33 bits per heavy atom. The van der Waals surface area contributed by atoms with E-state index in [1.807, 2.05) is 0 Å². The standard InChI is InChI=1S/C15H27F2NO3/c1-3-5-6-7-8-10-13(19)18-12-9-11-15(16,17)14(20)21-4-2/h3-12H2,1-2H3,(H,18,19). The number of unbranched alkanes of at least 4 members (excludes halogenated alkanes) is 4. The molecule has 124 valence electrons. The van der Waals surface area contributed by atoms with Crippen molar-refractivity contribution in [3.05, 3.63) is 0 Å². The highest BCUT2D eigenvalue weighted by atomic mass is 19.3. The number of hydrogen-bond donors (Lipinski definition) is 1. The molecule has 21 heavy (non-hydrogen) atoms. The van der Waals surface area contributed by atoms with Gasteiger partial charge < -0.3 is 10.1 Å². The molecule has 0 atom stereocenters. The monoisotopic (exact) mass is 307 g/mol. The zero-order chi connectivity index (χ0) is 16.1. The van der Waals surface area contributed by atoms with E-state index < -0.39 is 18.3 Å². The highest BCUT2D eigenvalue weighted by molar-refractivity contribution is 5.77. The molecule has 0 radical (unpaired) electrons. The number of hydrogen-bond acceptors (Lipinski definition) is 3. The van der Waals surface area contributed by atoms with Crippen LogP contribution in [-0.2, 0) is 14.3 Å². The average molecular weight is 307 g/mol. The van der Waals surface area contributed by atoms with Gasteiger partial charge in [0, 0.05) is 19.4 Å². The molecular weight excluding hydrogens is 280 g/mol. The van der Waals surface area contributed by atoms with Crippen LogP contribution in [0.15, 0.2) is 0 Å². The van der Waals surface area contributed by atoms with Crippen LogP contribution in [0.4, 0.5) is 8.78 Å². The van der Waals surface area contributed by atoms with Crippen molar-refractivity contribution in [2.24, 2.45) is 0 Å². The number of carbonyl (C=O) groups is 2. The van der Waals surface area contributed by atoms with Gasteiger partial charge in [0.15, 0.2) is 0 Å². The predicted octanol–water partition coefficient (Wildman–Crippen LogP) is 3.44. The third kappa shape index (κ3) is 10.2. The van der Waals surface area contributed by atoms with E-state index in [0.717, 1.165) is 25.7 Å². The van der Waals surface area contributed by atoms with Crippen molar-refractivity contribution in [3.63, 3.8) is 0 Å².